The van der Waals surface area contributed by atoms with Gasteiger partial charge in [-0.2, -0.15) is 0 Å². The van der Waals surface area contributed by atoms with E-state index in [9.17, 15) is 4.79 Å². The van der Waals surface area contributed by atoms with Crippen LogP contribution in [-0.2, 0) is 13.1 Å². The lowest BCUT2D eigenvalue weighted by molar-refractivity contribution is 0.220. The second kappa shape index (κ2) is 7.63. The Balaban J connectivity index is 1.59. The van der Waals surface area contributed by atoms with Gasteiger partial charge in [0.25, 0.3) is 5.56 Å². The standard InChI is InChI=1S/C17H26N6OS/c1-12-18-14(11-25-12)9-23-6-5-15(10-23)22(4)8-13-7-16(24)20-17(19-13)21(2)3/h7,11,15H,5-6,8-10H2,1-4H3,(H,19,20,24)/t15-/m1/s1. The Kier molecular flexibility index (Phi) is 5.51. The summed E-state index contributed by atoms with van der Waals surface area (Å²) in [5.74, 6) is 0.600. The van der Waals surface area contributed by atoms with Crippen LogP contribution < -0.4 is 10.5 Å². The fourth-order valence-corrected chi connectivity index (χ4v) is 3.80. The van der Waals surface area contributed by atoms with Gasteiger partial charge in [0.05, 0.1) is 16.4 Å². The number of aromatic nitrogens is 3. The SMILES string of the molecule is Cc1nc(CN2CC[C@@H](N(C)Cc3cc(=O)[nH]c(N(C)C)n3)C2)cs1. The molecule has 0 aliphatic carbocycles. The van der Waals surface area contributed by atoms with Crippen molar-refractivity contribution in [2.45, 2.75) is 32.5 Å². The van der Waals surface area contributed by atoms with E-state index < -0.39 is 0 Å². The second-order valence-corrected chi connectivity index (χ2v) is 7.97. The molecule has 1 atom stereocenters. The average molecular weight is 363 g/mol. The molecule has 7 nitrogen and oxygen atoms in total. The number of aromatic amines is 1. The van der Waals surface area contributed by atoms with Crippen LogP contribution in [0.5, 0.6) is 0 Å². The largest absolute Gasteiger partial charge is 0.348 e. The molecule has 0 bridgehead atoms. The molecule has 2 aromatic heterocycles. The molecule has 0 saturated carbocycles. The van der Waals surface area contributed by atoms with E-state index in [1.807, 2.05) is 25.9 Å². The number of rotatable bonds is 6. The summed E-state index contributed by atoms with van der Waals surface area (Å²) in [4.78, 5) is 30.2. The summed E-state index contributed by atoms with van der Waals surface area (Å²) in [6, 6.07) is 2.07. The molecule has 1 fully saturated rings. The van der Waals surface area contributed by atoms with Crippen LogP contribution in [0.3, 0.4) is 0 Å². The van der Waals surface area contributed by atoms with Gasteiger partial charge in [-0.05, 0) is 20.4 Å². The molecular weight excluding hydrogens is 336 g/mol. The van der Waals surface area contributed by atoms with Crippen molar-refractivity contribution in [2.24, 2.45) is 0 Å². The lowest BCUT2D eigenvalue weighted by atomic mass is 10.2. The molecule has 0 aromatic carbocycles. The van der Waals surface area contributed by atoms with E-state index in [-0.39, 0.29) is 5.56 Å². The van der Waals surface area contributed by atoms with Gasteiger partial charge in [0.1, 0.15) is 0 Å². The summed E-state index contributed by atoms with van der Waals surface area (Å²) >= 11 is 1.71. The Morgan fingerprint density at radius 3 is 2.80 bits per heavy atom. The number of likely N-dealkylation sites (N-methyl/N-ethyl adjacent to an activating group) is 1. The number of anilines is 1. The molecule has 136 valence electrons. The minimum atomic E-state index is -0.103. The van der Waals surface area contributed by atoms with Crippen molar-refractivity contribution in [3.63, 3.8) is 0 Å². The third kappa shape index (κ3) is 4.65. The molecule has 1 saturated heterocycles. The molecule has 1 N–H and O–H groups in total. The zero-order chi connectivity index (χ0) is 18.0. The number of likely N-dealkylation sites (tertiary alicyclic amines) is 1. The van der Waals surface area contributed by atoms with Crippen LogP contribution in [0.25, 0.3) is 0 Å². The molecule has 1 aliphatic heterocycles. The van der Waals surface area contributed by atoms with Crippen molar-refractivity contribution in [3.8, 4) is 0 Å². The fourth-order valence-electron chi connectivity index (χ4n) is 3.20. The number of nitrogens with one attached hydrogen (secondary N) is 1. The van der Waals surface area contributed by atoms with Gasteiger partial charge < -0.3 is 4.90 Å². The first-order valence-electron chi connectivity index (χ1n) is 8.52. The fraction of sp³-hybridized carbons (Fsp3) is 0.588. The van der Waals surface area contributed by atoms with E-state index in [0.29, 0.717) is 18.5 Å². The topological polar surface area (TPSA) is 68.4 Å². The molecule has 25 heavy (non-hydrogen) atoms. The van der Waals surface area contributed by atoms with E-state index in [2.05, 4.69) is 37.2 Å². The van der Waals surface area contributed by atoms with E-state index in [1.54, 1.807) is 17.4 Å². The summed E-state index contributed by atoms with van der Waals surface area (Å²) < 4.78 is 0. The Labute approximate surface area is 152 Å². The summed E-state index contributed by atoms with van der Waals surface area (Å²) in [6.07, 6.45) is 1.13. The Morgan fingerprint density at radius 1 is 1.32 bits per heavy atom. The average Bonchev–Trinajstić information content (AvgIpc) is 3.16. The smallest absolute Gasteiger partial charge is 0.252 e. The monoisotopic (exact) mass is 362 g/mol. The van der Waals surface area contributed by atoms with Crippen molar-refractivity contribution in [3.05, 3.63) is 38.2 Å². The molecule has 0 amide bonds. The summed E-state index contributed by atoms with van der Waals surface area (Å²) in [5.41, 5.74) is 1.87. The van der Waals surface area contributed by atoms with Crippen molar-refractivity contribution in [1.82, 2.24) is 24.8 Å². The van der Waals surface area contributed by atoms with Crippen molar-refractivity contribution in [1.29, 1.82) is 0 Å². The third-order valence-electron chi connectivity index (χ3n) is 4.54. The van der Waals surface area contributed by atoms with Crippen molar-refractivity contribution in [2.75, 3.05) is 39.1 Å². The zero-order valence-corrected chi connectivity index (χ0v) is 16.1. The molecular formula is C17H26N6OS. The number of hydrogen-bond donors (Lipinski definition) is 1. The number of aryl methyl sites for hydroxylation is 1. The van der Waals surface area contributed by atoms with Gasteiger partial charge in [0.2, 0.25) is 5.95 Å². The quantitative estimate of drug-likeness (QED) is 0.836. The highest BCUT2D eigenvalue weighted by Crippen LogP contribution is 2.19. The van der Waals surface area contributed by atoms with Crippen molar-refractivity contribution < 1.29 is 0 Å². The maximum atomic E-state index is 11.8. The van der Waals surface area contributed by atoms with E-state index >= 15 is 0 Å². The number of H-pyrrole nitrogens is 1. The molecule has 2 aromatic rings. The van der Waals surface area contributed by atoms with Crippen LogP contribution in [-0.4, -0.2) is 65.0 Å². The normalized spacial score (nSPS) is 18.2. The highest BCUT2D eigenvalue weighted by molar-refractivity contribution is 7.09. The van der Waals surface area contributed by atoms with Gasteiger partial charge >= 0.3 is 0 Å². The lowest BCUT2D eigenvalue weighted by Gasteiger charge is -2.24. The molecule has 0 unspecified atom stereocenters. The predicted octanol–water partition coefficient (Wildman–Crippen LogP) is 1.31. The first-order valence-corrected chi connectivity index (χ1v) is 9.40. The second-order valence-electron chi connectivity index (χ2n) is 6.91. The van der Waals surface area contributed by atoms with Gasteiger partial charge in [-0.1, -0.05) is 0 Å². The minimum absolute atomic E-state index is 0.103. The molecule has 0 radical (unpaired) electrons. The van der Waals surface area contributed by atoms with Gasteiger partial charge in [0.15, 0.2) is 0 Å². The molecule has 0 spiro atoms. The highest BCUT2D eigenvalue weighted by atomic mass is 32.1. The van der Waals surface area contributed by atoms with E-state index in [4.69, 9.17) is 0 Å². The van der Waals surface area contributed by atoms with Crippen LogP contribution in [0, 0.1) is 6.92 Å². The first-order chi connectivity index (χ1) is 11.9. The third-order valence-corrected chi connectivity index (χ3v) is 5.36. The van der Waals surface area contributed by atoms with E-state index in [0.717, 1.165) is 42.5 Å². The maximum absolute atomic E-state index is 11.8. The first kappa shape index (κ1) is 18.0. The molecule has 1 aliphatic rings. The molecule has 8 heteroatoms. The van der Waals surface area contributed by atoms with Gasteiger partial charge in [-0.3, -0.25) is 19.6 Å². The Morgan fingerprint density at radius 2 is 2.12 bits per heavy atom. The van der Waals surface area contributed by atoms with Gasteiger partial charge in [-0.25, -0.2) is 9.97 Å². The lowest BCUT2D eigenvalue weighted by Crippen LogP contribution is -2.34. The Bertz CT molecular complexity index is 770. The Hall–Kier alpha value is -1.77. The summed E-state index contributed by atoms with van der Waals surface area (Å²) in [7, 11) is 5.86. The number of thiazole rings is 1. The van der Waals surface area contributed by atoms with Gasteiger partial charge in [-0.15, -0.1) is 11.3 Å². The maximum Gasteiger partial charge on any atom is 0.252 e. The van der Waals surface area contributed by atoms with Crippen LogP contribution in [0.4, 0.5) is 5.95 Å². The molecule has 3 heterocycles. The number of hydrogen-bond acceptors (Lipinski definition) is 7. The minimum Gasteiger partial charge on any atom is -0.348 e. The zero-order valence-electron chi connectivity index (χ0n) is 15.3. The number of nitrogens with zero attached hydrogens (tertiary/aromatic N) is 5. The summed E-state index contributed by atoms with van der Waals surface area (Å²) in [6.45, 7) is 5.75. The van der Waals surface area contributed by atoms with Crippen LogP contribution >= 0.6 is 11.3 Å². The van der Waals surface area contributed by atoms with Crippen LogP contribution in [0.15, 0.2) is 16.2 Å². The van der Waals surface area contributed by atoms with Crippen LogP contribution in [0.1, 0.15) is 22.8 Å². The van der Waals surface area contributed by atoms with Gasteiger partial charge in [0, 0.05) is 57.8 Å². The van der Waals surface area contributed by atoms with Crippen LogP contribution in [0.2, 0.25) is 0 Å². The summed E-state index contributed by atoms with van der Waals surface area (Å²) in [5, 5.41) is 3.27. The van der Waals surface area contributed by atoms with Crippen molar-refractivity contribution >= 4 is 17.3 Å². The van der Waals surface area contributed by atoms with E-state index in [1.165, 1.54) is 0 Å². The predicted molar refractivity (Wildman–Crippen MR) is 101 cm³/mol. The molecule has 3 rings (SSSR count). The highest BCUT2D eigenvalue weighted by Gasteiger charge is 2.26.